The molecule has 2 aromatic heterocycles. The zero-order valence-corrected chi connectivity index (χ0v) is 11.4. The van der Waals surface area contributed by atoms with Crippen molar-refractivity contribution in [1.82, 2.24) is 0 Å². The third-order valence-electron chi connectivity index (χ3n) is 3.03. The maximum absolute atomic E-state index is 2.36. The fourth-order valence-corrected chi connectivity index (χ4v) is 5.46. The molecule has 0 nitrogen and oxygen atoms in total. The molecule has 0 saturated heterocycles. The smallest absolute Gasteiger partial charge is 0.0569 e. The predicted molar refractivity (Wildman–Crippen MR) is 75.5 cm³/mol. The van der Waals surface area contributed by atoms with Crippen LogP contribution in [0.15, 0.2) is 46.5 Å². The highest BCUT2D eigenvalue weighted by Crippen LogP contribution is 2.54. The van der Waals surface area contributed by atoms with Crippen molar-refractivity contribution >= 4 is 34.4 Å². The van der Waals surface area contributed by atoms with Gasteiger partial charge in [-0.05, 0) is 35.2 Å². The first kappa shape index (κ1) is 10.6. The normalized spacial score (nSPS) is 28.7. The van der Waals surface area contributed by atoms with Crippen LogP contribution >= 0.6 is 34.4 Å². The van der Waals surface area contributed by atoms with Crippen LogP contribution < -0.4 is 0 Å². The number of hydrogen-bond acceptors (Lipinski definition) is 3. The van der Waals surface area contributed by atoms with Crippen LogP contribution in [0, 0.1) is 0 Å². The Morgan fingerprint density at radius 2 is 1.94 bits per heavy atom. The van der Waals surface area contributed by atoms with Gasteiger partial charge in [0.05, 0.1) is 5.25 Å². The summed E-state index contributed by atoms with van der Waals surface area (Å²) >= 11 is 5.67. The third-order valence-corrected chi connectivity index (χ3v) is 6.55. The van der Waals surface area contributed by atoms with Gasteiger partial charge in [-0.2, -0.15) is 0 Å². The van der Waals surface area contributed by atoms with Crippen LogP contribution in [0.1, 0.15) is 21.9 Å². The van der Waals surface area contributed by atoms with Gasteiger partial charge in [0, 0.05) is 15.2 Å². The van der Waals surface area contributed by atoms with Crippen LogP contribution in [0.25, 0.3) is 0 Å². The van der Waals surface area contributed by atoms with E-state index in [9.17, 15) is 0 Å². The van der Waals surface area contributed by atoms with Crippen molar-refractivity contribution in [1.29, 1.82) is 0 Å². The van der Waals surface area contributed by atoms with Gasteiger partial charge in [0.2, 0.25) is 0 Å². The molecular formula is C13H12S3. The molecule has 16 heavy (non-hydrogen) atoms. The molecule has 3 rings (SSSR count). The summed E-state index contributed by atoms with van der Waals surface area (Å²) in [5, 5.41) is 7.14. The Morgan fingerprint density at radius 3 is 2.62 bits per heavy atom. The largest absolute Gasteiger partial charge is 0.148 e. The Balaban J connectivity index is 2.03. The molecule has 82 valence electrons. The average molecular weight is 264 g/mol. The van der Waals surface area contributed by atoms with Crippen LogP contribution in [-0.2, 0) is 5.41 Å². The fraction of sp³-hybridized carbons (Fsp3) is 0.231. The molecule has 2 unspecified atom stereocenters. The molecule has 2 atom stereocenters. The van der Waals surface area contributed by atoms with Crippen LogP contribution in [-0.4, -0.2) is 0 Å². The van der Waals surface area contributed by atoms with E-state index >= 15 is 0 Å². The fourth-order valence-electron chi connectivity index (χ4n) is 2.09. The van der Waals surface area contributed by atoms with Crippen LogP contribution in [0.3, 0.4) is 0 Å². The Labute approximate surface area is 108 Å². The van der Waals surface area contributed by atoms with Crippen molar-refractivity contribution < 1.29 is 0 Å². The van der Waals surface area contributed by atoms with Crippen molar-refractivity contribution in [2.75, 3.05) is 0 Å². The molecule has 0 fully saturated rings. The second-order valence-corrected chi connectivity index (χ2v) is 7.04. The average Bonchev–Trinajstić information content (AvgIpc) is 2.99. The molecular weight excluding hydrogens is 252 g/mol. The Morgan fingerprint density at radius 1 is 1.12 bits per heavy atom. The quantitative estimate of drug-likeness (QED) is 0.730. The summed E-state index contributed by atoms with van der Waals surface area (Å²) in [6, 6.07) is 8.80. The highest BCUT2D eigenvalue weighted by Gasteiger charge is 2.39. The summed E-state index contributed by atoms with van der Waals surface area (Å²) in [6.07, 6.45) is 2.36. The Kier molecular flexibility index (Phi) is 2.70. The minimum absolute atomic E-state index is 0.170. The van der Waals surface area contributed by atoms with Gasteiger partial charge >= 0.3 is 0 Å². The molecule has 1 aliphatic rings. The van der Waals surface area contributed by atoms with E-state index in [-0.39, 0.29) is 5.41 Å². The molecule has 0 amide bonds. The molecule has 3 heteroatoms. The van der Waals surface area contributed by atoms with Crippen molar-refractivity contribution in [3.63, 3.8) is 0 Å². The number of allylic oxidation sites excluding steroid dienone is 1. The number of rotatable bonds is 2. The van der Waals surface area contributed by atoms with Crippen LogP contribution in [0.5, 0.6) is 0 Å². The number of thioether (sulfide) groups is 1. The first-order valence-electron chi connectivity index (χ1n) is 5.21. The Bertz CT molecular complexity index is 481. The monoisotopic (exact) mass is 264 g/mol. The first-order chi connectivity index (χ1) is 7.81. The van der Waals surface area contributed by atoms with Crippen molar-refractivity contribution in [2.24, 2.45) is 0 Å². The van der Waals surface area contributed by atoms with Gasteiger partial charge in [0.1, 0.15) is 0 Å². The van der Waals surface area contributed by atoms with Gasteiger partial charge in [-0.1, -0.05) is 18.2 Å². The molecule has 0 aromatic carbocycles. The lowest BCUT2D eigenvalue weighted by atomic mass is 9.84. The van der Waals surface area contributed by atoms with Gasteiger partial charge in [-0.25, -0.2) is 0 Å². The number of hydrogen-bond donors (Lipinski definition) is 0. The minimum Gasteiger partial charge on any atom is -0.148 e. The lowest BCUT2D eigenvalue weighted by Gasteiger charge is -2.28. The summed E-state index contributed by atoms with van der Waals surface area (Å²) in [6.45, 7) is 2.35. The minimum atomic E-state index is 0.170. The molecule has 3 heterocycles. The van der Waals surface area contributed by atoms with Gasteiger partial charge in [0.25, 0.3) is 0 Å². The standard InChI is InChI=1S/C13H12S3/c1-13(11-5-3-8-15-11)6-9-16-12(13)10-4-2-7-14-10/h2-9,12H,1H3. The van der Waals surface area contributed by atoms with Gasteiger partial charge in [0.15, 0.2) is 0 Å². The predicted octanol–water partition coefficient (Wildman–Crippen LogP) is 5.07. The van der Waals surface area contributed by atoms with Gasteiger partial charge < -0.3 is 0 Å². The summed E-state index contributed by atoms with van der Waals surface area (Å²) in [5.41, 5.74) is 0.170. The number of thiophene rings is 2. The maximum Gasteiger partial charge on any atom is 0.0569 e. The molecule has 2 aromatic rings. The zero-order valence-electron chi connectivity index (χ0n) is 8.92. The van der Waals surface area contributed by atoms with E-state index in [1.54, 1.807) is 0 Å². The molecule has 0 spiro atoms. The van der Waals surface area contributed by atoms with E-state index in [4.69, 9.17) is 0 Å². The maximum atomic E-state index is 2.36. The Hall–Kier alpha value is -0.510. The molecule has 0 N–H and O–H groups in total. The van der Waals surface area contributed by atoms with Gasteiger partial charge in [-0.3, -0.25) is 0 Å². The van der Waals surface area contributed by atoms with Crippen molar-refractivity contribution in [3.8, 4) is 0 Å². The third kappa shape index (κ3) is 1.58. The van der Waals surface area contributed by atoms with E-state index in [2.05, 4.69) is 53.4 Å². The SMILES string of the molecule is CC1(c2cccs2)C=CSC1c1cccs1. The second-order valence-electron chi connectivity index (χ2n) is 4.09. The summed E-state index contributed by atoms with van der Waals surface area (Å²) < 4.78 is 0. The van der Waals surface area contributed by atoms with Crippen molar-refractivity contribution in [2.45, 2.75) is 17.6 Å². The lowest BCUT2D eigenvalue weighted by molar-refractivity contribution is 0.607. The molecule has 0 saturated carbocycles. The van der Waals surface area contributed by atoms with Crippen LogP contribution in [0.2, 0.25) is 0 Å². The zero-order chi connectivity index (χ0) is 11.0. The van der Waals surface area contributed by atoms with E-state index in [0.717, 1.165) is 0 Å². The van der Waals surface area contributed by atoms with Crippen LogP contribution in [0.4, 0.5) is 0 Å². The summed E-state index contributed by atoms with van der Waals surface area (Å²) in [7, 11) is 0. The van der Waals surface area contributed by atoms with E-state index in [1.165, 1.54) is 9.75 Å². The molecule has 0 bridgehead atoms. The van der Waals surface area contributed by atoms with E-state index in [1.807, 2.05) is 34.4 Å². The molecule has 0 radical (unpaired) electrons. The molecule has 1 aliphatic heterocycles. The first-order valence-corrected chi connectivity index (χ1v) is 7.91. The van der Waals surface area contributed by atoms with Crippen molar-refractivity contribution in [3.05, 3.63) is 56.3 Å². The summed E-state index contributed by atoms with van der Waals surface area (Å²) in [5.74, 6) is 0. The van der Waals surface area contributed by atoms with Gasteiger partial charge in [-0.15, -0.1) is 34.4 Å². The summed E-state index contributed by atoms with van der Waals surface area (Å²) in [4.78, 5) is 2.94. The highest BCUT2D eigenvalue weighted by molar-refractivity contribution is 8.02. The molecule has 0 aliphatic carbocycles. The van der Waals surface area contributed by atoms with E-state index < -0.39 is 0 Å². The topological polar surface area (TPSA) is 0 Å². The van der Waals surface area contributed by atoms with E-state index in [0.29, 0.717) is 5.25 Å². The lowest BCUT2D eigenvalue weighted by Crippen LogP contribution is -2.21. The second kappa shape index (κ2) is 4.06. The highest BCUT2D eigenvalue weighted by atomic mass is 32.2.